The first-order valence-corrected chi connectivity index (χ1v) is 7.69. The highest BCUT2D eigenvalue weighted by Crippen LogP contribution is 2.41. The van der Waals surface area contributed by atoms with Gasteiger partial charge in [-0.25, -0.2) is 0 Å². The van der Waals surface area contributed by atoms with Gasteiger partial charge in [-0.3, -0.25) is 0 Å². The maximum Gasteiger partial charge on any atom is 0.165 e. The van der Waals surface area contributed by atoms with Crippen LogP contribution in [0.1, 0.15) is 39.7 Å². The monoisotopic (exact) mass is 293 g/mol. The highest BCUT2D eigenvalue weighted by atomic mass is 16.5. The van der Waals surface area contributed by atoms with E-state index in [1.807, 2.05) is 26.0 Å². The smallest absolute Gasteiger partial charge is 0.165 e. The summed E-state index contributed by atoms with van der Waals surface area (Å²) in [6.45, 7) is 9.69. The lowest BCUT2D eigenvalue weighted by Crippen LogP contribution is -2.46. The maximum atomic E-state index is 9.49. The SMILES string of the molecule is CCNC(C)(CO)CCOc1cccc2c1OC(C)(C)C2. The van der Waals surface area contributed by atoms with Gasteiger partial charge in [0, 0.05) is 23.9 Å². The number of benzene rings is 1. The van der Waals surface area contributed by atoms with Crippen molar-refractivity contribution >= 4 is 0 Å². The minimum Gasteiger partial charge on any atom is -0.490 e. The van der Waals surface area contributed by atoms with Crippen molar-refractivity contribution in [3.05, 3.63) is 23.8 Å². The molecule has 0 saturated carbocycles. The van der Waals surface area contributed by atoms with Crippen molar-refractivity contribution in [3.63, 3.8) is 0 Å². The molecule has 0 amide bonds. The third-order valence-corrected chi connectivity index (χ3v) is 3.92. The summed E-state index contributed by atoms with van der Waals surface area (Å²) in [6.07, 6.45) is 1.65. The molecule has 4 heteroatoms. The van der Waals surface area contributed by atoms with E-state index in [0.29, 0.717) is 6.61 Å². The third kappa shape index (κ3) is 3.89. The van der Waals surface area contributed by atoms with Crippen LogP contribution in [0.25, 0.3) is 0 Å². The Morgan fingerprint density at radius 3 is 2.86 bits per heavy atom. The number of aliphatic hydroxyl groups excluding tert-OH is 1. The molecular weight excluding hydrogens is 266 g/mol. The highest BCUT2D eigenvalue weighted by Gasteiger charge is 2.32. The number of aliphatic hydroxyl groups is 1. The van der Waals surface area contributed by atoms with Crippen molar-refractivity contribution in [2.45, 2.75) is 51.7 Å². The summed E-state index contributed by atoms with van der Waals surface area (Å²) in [5.74, 6) is 1.67. The van der Waals surface area contributed by atoms with Gasteiger partial charge in [0.2, 0.25) is 0 Å². The molecule has 1 unspecified atom stereocenters. The first kappa shape index (κ1) is 16.1. The molecule has 0 aliphatic carbocycles. The Bertz CT molecular complexity index is 487. The molecular formula is C17H27NO3. The van der Waals surface area contributed by atoms with Gasteiger partial charge in [-0.1, -0.05) is 19.1 Å². The number of hydrogen-bond donors (Lipinski definition) is 2. The number of rotatable bonds is 7. The molecule has 0 fully saturated rings. The molecule has 4 nitrogen and oxygen atoms in total. The minimum atomic E-state index is -0.299. The minimum absolute atomic E-state index is 0.0978. The summed E-state index contributed by atoms with van der Waals surface area (Å²) >= 11 is 0. The molecule has 1 aromatic rings. The molecule has 118 valence electrons. The van der Waals surface area contributed by atoms with Crippen molar-refractivity contribution in [1.29, 1.82) is 0 Å². The van der Waals surface area contributed by atoms with Crippen LogP contribution in [0.5, 0.6) is 11.5 Å². The Balaban J connectivity index is 1.98. The van der Waals surface area contributed by atoms with Gasteiger partial charge < -0.3 is 19.9 Å². The number of fused-ring (bicyclic) bond motifs is 1. The number of ether oxygens (including phenoxy) is 2. The fourth-order valence-corrected chi connectivity index (χ4v) is 2.74. The van der Waals surface area contributed by atoms with E-state index in [2.05, 4.69) is 25.2 Å². The molecule has 21 heavy (non-hydrogen) atoms. The maximum absolute atomic E-state index is 9.49. The topological polar surface area (TPSA) is 50.7 Å². The van der Waals surface area contributed by atoms with Gasteiger partial charge >= 0.3 is 0 Å². The van der Waals surface area contributed by atoms with E-state index in [9.17, 15) is 5.11 Å². The fraction of sp³-hybridized carbons (Fsp3) is 0.647. The number of nitrogens with one attached hydrogen (secondary N) is 1. The molecule has 2 N–H and O–H groups in total. The molecule has 1 aliphatic heterocycles. The zero-order chi connectivity index (χ0) is 15.5. The Hall–Kier alpha value is -1.26. The van der Waals surface area contributed by atoms with Crippen LogP contribution in [0, 0.1) is 0 Å². The van der Waals surface area contributed by atoms with Crippen LogP contribution in [0.2, 0.25) is 0 Å². The number of para-hydroxylation sites is 1. The van der Waals surface area contributed by atoms with Crippen LogP contribution >= 0.6 is 0 Å². The summed E-state index contributed by atoms with van der Waals surface area (Å²) in [6, 6.07) is 6.05. The van der Waals surface area contributed by atoms with Crippen molar-refractivity contribution in [3.8, 4) is 11.5 Å². The second-order valence-corrected chi connectivity index (χ2v) is 6.63. The van der Waals surface area contributed by atoms with E-state index >= 15 is 0 Å². The molecule has 2 rings (SSSR count). The third-order valence-electron chi connectivity index (χ3n) is 3.92. The van der Waals surface area contributed by atoms with Crippen LogP contribution in [0.15, 0.2) is 18.2 Å². The predicted molar refractivity (Wildman–Crippen MR) is 84.1 cm³/mol. The van der Waals surface area contributed by atoms with E-state index in [4.69, 9.17) is 9.47 Å². The van der Waals surface area contributed by atoms with Gasteiger partial charge in [0.15, 0.2) is 11.5 Å². The van der Waals surface area contributed by atoms with Crippen LogP contribution in [-0.2, 0) is 6.42 Å². The quantitative estimate of drug-likeness (QED) is 0.811. The predicted octanol–water partition coefficient (Wildman–Crippen LogP) is 2.53. The second-order valence-electron chi connectivity index (χ2n) is 6.63. The molecule has 1 aromatic carbocycles. The summed E-state index contributed by atoms with van der Waals surface area (Å²) in [5.41, 5.74) is 0.743. The van der Waals surface area contributed by atoms with E-state index in [1.54, 1.807) is 0 Å². The zero-order valence-electron chi connectivity index (χ0n) is 13.5. The molecule has 0 bridgehead atoms. The molecule has 0 radical (unpaired) electrons. The Morgan fingerprint density at radius 2 is 2.19 bits per heavy atom. The van der Waals surface area contributed by atoms with Gasteiger partial charge in [-0.15, -0.1) is 0 Å². The Morgan fingerprint density at radius 1 is 1.43 bits per heavy atom. The van der Waals surface area contributed by atoms with Gasteiger partial charge in [0.25, 0.3) is 0 Å². The van der Waals surface area contributed by atoms with Crippen molar-refractivity contribution in [2.24, 2.45) is 0 Å². The summed E-state index contributed by atoms with van der Waals surface area (Å²) in [5, 5.41) is 12.8. The summed E-state index contributed by atoms with van der Waals surface area (Å²) < 4.78 is 11.9. The van der Waals surface area contributed by atoms with Gasteiger partial charge in [0.05, 0.1) is 13.2 Å². The van der Waals surface area contributed by atoms with Gasteiger partial charge in [0.1, 0.15) is 5.60 Å². The van der Waals surface area contributed by atoms with Gasteiger partial charge in [-0.2, -0.15) is 0 Å². The van der Waals surface area contributed by atoms with E-state index in [0.717, 1.165) is 30.9 Å². The first-order chi connectivity index (χ1) is 9.89. The number of hydrogen-bond acceptors (Lipinski definition) is 4. The van der Waals surface area contributed by atoms with Crippen LogP contribution in [-0.4, -0.2) is 36.0 Å². The Kier molecular flexibility index (Phi) is 4.79. The Labute approximate surface area is 127 Å². The van der Waals surface area contributed by atoms with E-state index in [-0.39, 0.29) is 17.7 Å². The summed E-state index contributed by atoms with van der Waals surface area (Å²) in [4.78, 5) is 0. The van der Waals surface area contributed by atoms with Crippen molar-refractivity contribution < 1.29 is 14.6 Å². The lowest BCUT2D eigenvalue weighted by Gasteiger charge is -2.28. The average Bonchev–Trinajstić information content (AvgIpc) is 2.74. The van der Waals surface area contributed by atoms with Gasteiger partial charge in [-0.05, 0) is 33.4 Å². The van der Waals surface area contributed by atoms with Crippen molar-refractivity contribution in [2.75, 3.05) is 19.8 Å². The van der Waals surface area contributed by atoms with Crippen LogP contribution in [0.4, 0.5) is 0 Å². The molecule has 1 aliphatic rings. The van der Waals surface area contributed by atoms with Crippen LogP contribution in [0.3, 0.4) is 0 Å². The molecule has 1 atom stereocenters. The second kappa shape index (κ2) is 6.24. The van der Waals surface area contributed by atoms with E-state index in [1.165, 1.54) is 5.56 Å². The lowest BCUT2D eigenvalue weighted by molar-refractivity contribution is 0.125. The normalized spacial score (nSPS) is 18.7. The molecule has 0 spiro atoms. The molecule has 1 heterocycles. The van der Waals surface area contributed by atoms with Crippen molar-refractivity contribution in [1.82, 2.24) is 5.32 Å². The largest absolute Gasteiger partial charge is 0.490 e. The molecule has 0 aromatic heterocycles. The fourth-order valence-electron chi connectivity index (χ4n) is 2.74. The average molecular weight is 293 g/mol. The summed E-state index contributed by atoms with van der Waals surface area (Å²) in [7, 11) is 0. The zero-order valence-corrected chi connectivity index (χ0v) is 13.5. The lowest BCUT2D eigenvalue weighted by atomic mass is 9.99. The first-order valence-electron chi connectivity index (χ1n) is 7.69. The number of likely N-dealkylation sites (N-methyl/N-ethyl adjacent to an activating group) is 1. The standard InChI is InChI=1S/C17H27NO3/c1-5-18-17(4,12-19)9-10-20-14-8-6-7-13-11-16(2,3)21-15(13)14/h6-8,18-19H,5,9-12H2,1-4H3. The highest BCUT2D eigenvalue weighted by molar-refractivity contribution is 5.50. The van der Waals surface area contributed by atoms with Crippen LogP contribution < -0.4 is 14.8 Å². The molecule has 0 saturated heterocycles. The van der Waals surface area contributed by atoms with E-state index < -0.39 is 0 Å².